The van der Waals surface area contributed by atoms with Gasteiger partial charge in [-0.25, -0.2) is 0 Å². The van der Waals surface area contributed by atoms with E-state index in [2.05, 4.69) is 19.2 Å². The fraction of sp³-hybridized carbons (Fsp3) is 0.886. The number of unbranched alkanes of at least 4 members (excludes halogenated alkanes) is 23. The number of hydrogen-bond acceptors (Lipinski definition) is 3. The standard InChI is InChI=1S/C35H67NO3/c1-3-5-7-9-11-13-15-17-19-21-23-25-27-29-34(38)33(31-32-37)36-35(39)30-28-26-24-22-20-18-16-14-12-10-8-6-4-2/h27,29,32-34,38H,3-26,28,30-31H2,1-2H3,(H,36,39)/b29-27+/t33-,34+/m0/s1. The van der Waals surface area contributed by atoms with Crippen molar-refractivity contribution in [1.82, 2.24) is 5.32 Å². The zero-order valence-corrected chi connectivity index (χ0v) is 26.2. The van der Waals surface area contributed by atoms with Gasteiger partial charge in [-0.1, -0.05) is 167 Å². The third kappa shape index (κ3) is 28.2. The van der Waals surface area contributed by atoms with Gasteiger partial charge in [0.15, 0.2) is 0 Å². The Bertz CT molecular complexity index is 548. The largest absolute Gasteiger partial charge is 0.387 e. The van der Waals surface area contributed by atoms with Gasteiger partial charge in [0.25, 0.3) is 0 Å². The van der Waals surface area contributed by atoms with Gasteiger partial charge in [0.2, 0.25) is 5.91 Å². The lowest BCUT2D eigenvalue weighted by Crippen LogP contribution is -2.42. The molecule has 0 unspecified atom stereocenters. The molecular weight excluding hydrogens is 482 g/mol. The van der Waals surface area contributed by atoms with Crippen LogP contribution in [0.3, 0.4) is 0 Å². The molecule has 4 heteroatoms. The molecule has 0 saturated carbocycles. The van der Waals surface area contributed by atoms with E-state index in [9.17, 15) is 14.7 Å². The Labute approximate surface area is 243 Å². The summed E-state index contributed by atoms with van der Waals surface area (Å²) < 4.78 is 0. The van der Waals surface area contributed by atoms with Crippen LogP contribution in [0.1, 0.15) is 187 Å². The number of amides is 1. The number of nitrogens with one attached hydrogen (secondary N) is 1. The van der Waals surface area contributed by atoms with Gasteiger partial charge in [-0.05, 0) is 19.3 Å². The van der Waals surface area contributed by atoms with Gasteiger partial charge in [0.1, 0.15) is 6.29 Å². The SMILES string of the molecule is CCCCCCCCCCCCC/C=C/[C@@H](O)[C@H](CC=O)NC(=O)CCCCCCCCCCCCCCC. The first kappa shape index (κ1) is 37.8. The Balaban J connectivity index is 3.75. The highest BCUT2D eigenvalue weighted by Gasteiger charge is 2.18. The first-order valence-electron chi connectivity index (χ1n) is 17.2. The lowest BCUT2D eigenvalue weighted by atomic mass is 10.0. The van der Waals surface area contributed by atoms with Crippen molar-refractivity contribution in [3.8, 4) is 0 Å². The first-order valence-corrected chi connectivity index (χ1v) is 17.2. The Morgan fingerprint density at radius 2 is 1.00 bits per heavy atom. The second-order valence-corrected chi connectivity index (χ2v) is 11.8. The van der Waals surface area contributed by atoms with Gasteiger partial charge in [-0.3, -0.25) is 4.79 Å². The van der Waals surface area contributed by atoms with Gasteiger partial charge in [-0.2, -0.15) is 0 Å². The monoisotopic (exact) mass is 550 g/mol. The first-order chi connectivity index (χ1) is 19.2. The molecule has 4 nitrogen and oxygen atoms in total. The number of carbonyl (C=O) groups is 2. The summed E-state index contributed by atoms with van der Waals surface area (Å²) in [6, 6.07) is -0.523. The van der Waals surface area contributed by atoms with Crippen LogP contribution in [0.4, 0.5) is 0 Å². The summed E-state index contributed by atoms with van der Waals surface area (Å²) in [6.45, 7) is 4.53. The van der Waals surface area contributed by atoms with Crippen molar-refractivity contribution in [2.24, 2.45) is 0 Å². The third-order valence-electron chi connectivity index (χ3n) is 7.92. The van der Waals surface area contributed by atoms with Crippen molar-refractivity contribution in [2.75, 3.05) is 0 Å². The molecule has 0 aromatic rings. The van der Waals surface area contributed by atoms with E-state index in [4.69, 9.17) is 0 Å². The molecule has 2 atom stereocenters. The summed E-state index contributed by atoms with van der Waals surface area (Å²) in [5, 5.41) is 13.4. The summed E-state index contributed by atoms with van der Waals surface area (Å²) in [5.74, 6) is -0.0530. The fourth-order valence-corrected chi connectivity index (χ4v) is 5.27. The lowest BCUT2D eigenvalue weighted by molar-refractivity contribution is -0.122. The normalized spacial score (nSPS) is 13.1. The molecule has 0 saturated heterocycles. The molecule has 0 aliphatic heterocycles. The number of aldehydes is 1. The summed E-state index contributed by atoms with van der Waals surface area (Å²) in [5.41, 5.74) is 0. The summed E-state index contributed by atoms with van der Waals surface area (Å²) in [6.07, 6.45) is 36.6. The van der Waals surface area contributed by atoms with Gasteiger partial charge in [-0.15, -0.1) is 0 Å². The van der Waals surface area contributed by atoms with E-state index in [1.165, 1.54) is 135 Å². The van der Waals surface area contributed by atoms with Gasteiger partial charge >= 0.3 is 0 Å². The van der Waals surface area contributed by atoms with E-state index < -0.39 is 12.1 Å². The van der Waals surface area contributed by atoms with E-state index in [0.717, 1.165) is 32.0 Å². The van der Waals surface area contributed by atoms with Crippen LogP contribution in [0.25, 0.3) is 0 Å². The van der Waals surface area contributed by atoms with Crippen molar-refractivity contribution in [2.45, 2.75) is 199 Å². The molecule has 0 fully saturated rings. The maximum atomic E-state index is 12.4. The van der Waals surface area contributed by atoms with Crippen LogP contribution >= 0.6 is 0 Å². The molecular formula is C35H67NO3. The van der Waals surface area contributed by atoms with Crippen LogP contribution < -0.4 is 5.32 Å². The Hall–Kier alpha value is -1.16. The van der Waals surface area contributed by atoms with Gasteiger partial charge in [0.05, 0.1) is 12.1 Å². The number of aliphatic hydroxyl groups excluding tert-OH is 1. The van der Waals surface area contributed by atoms with E-state index in [1.807, 2.05) is 6.08 Å². The topological polar surface area (TPSA) is 66.4 Å². The van der Waals surface area contributed by atoms with E-state index in [1.54, 1.807) is 6.08 Å². The average molecular weight is 550 g/mol. The quantitative estimate of drug-likeness (QED) is 0.0513. The minimum atomic E-state index is -0.807. The highest BCUT2D eigenvalue weighted by molar-refractivity contribution is 5.76. The minimum absolute atomic E-state index is 0.0530. The summed E-state index contributed by atoms with van der Waals surface area (Å²) in [4.78, 5) is 23.4. The van der Waals surface area contributed by atoms with Crippen molar-refractivity contribution < 1.29 is 14.7 Å². The summed E-state index contributed by atoms with van der Waals surface area (Å²) >= 11 is 0. The molecule has 0 bridgehead atoms. The second kappa shape index (κ2) is 31.4. The van der Waals surface area contributed by atoms with E-state index in [-0.39, 0.29) is 12.3 Å². The van der Waals surface area contributed by atoms with E-state index in [0.29, 0.717) is 6.42 Å². The molecule has 0 aliphatic rings. The second-order valence-electron chi connectivity index (χ2n) is 11.8. The van der Waals surface area contributed by atoms with Crippen molar-refractivity contribution in [3.05, 3.63) is 12.2 Å². The molecule has 2 N–H and O–H groups in total. The third-order valence-corrected chi connectivity index (χ3v) is 7.92. The van der Waals surface area contributed by atoms with Crippen molar-refractivity contribution in [1.29, 1.82) is 0 Å². The fourth-order valence-electron chi connectivity index (χ4n) is 5.27. The van der Waals surface area contributed by atoms with Gasteiger partial charge < -0.3 is 15.2 Å². The molecule has 0 heterocycles. The Morgan fingerprint density at radius 1 is 0.615 bits per heavy atom. The molecule has 1 amide bonds. The van der Waals surface area contributed by atoms with Crippen LogP contribution in [-0.4, -0.2) is 29.4 Å². The number of hydrogen-bond donors (Lipinski definition) is 2. The highest BCUT2D eigenvalue weighted by Crippen LogP contribution is 2.14. The number of aliphatic hydroxyl groups is 1. The van der Waals surface area contributed by atoms with Crippen LogP contribution in [-0.2, 0) is 9.59 Å². The number of carbonyl (C=O) groups excluding carboxylic acids is 2. The predicted octanol–water partition coefficient (Wildman–Crippen LogP) is 10.2. The lowest BCUT2D eigenvalue weighted by Gasteiger charge is -2.20. The Morgan fingerprint density at radius 3 is 1.41 bits per heavy atom. The predicted molar refractivity (Wildman–Crippen MR) is 169 cm³/mol. The molecule has 0 aliphatic carbocycles. The highest BCUT2D eigenvalue weighted by atomic mass is 16.3. The van der Waals surface area contributed by atoms with Crippen LogP contribution in [0.5, 0.6) is 0 Å². The summed E-state index contributed by atoms with van der Waals surface area (Å²) in [7, 11) is 0. The molecule has 0 aromatic carbocycles. The van der Waals surface area contributed by atoms with Gasteiger partial charge in [0, 0.05) is 12.8 Å². The van der Waals surface area contributed by atoms with Crippen molar-refractivity contribution in [3.63, 3.8) is 0 Å². The number of allylic oxidation sites excluding steroid dienone is 1. The molecule has 0 rings (SSSR count). The number of rotatable bonds is 31. The minimum Gasteiger partial charge on any atom is -0.387 e. The molecule has 0 aromatic heterocycles. The maximum absolute atomic E-state index is 12.4. The molecule has 0 spiro atoms. The average Bonchev–Trinajstić information content (AvgIpc) is 2.93. The van der Waals surface area contributed by atoms with Crippen molar-refractivity contribution >= 4 is 12.2 Å². The Kier molecular flexibility index (Phi) is 30.4. The molecule has 230 valence electrons. The zero-order valence-electron chi connectivity index (χ0n) is 26.2. The van der Waals surface area contributed by atoms with Crippen LogP contribution in [0.15, 0.2) is 12.2 Å². The van der Waals surface area contributed by atoms with E-state index >= 15 is 0 Å². The molecule has 39 heavy (non-hydrogen) atoms. The van der Waals surface area contributed by atoms with Crippen LogP contribution in [0.2, 0.25) is 0 Å². The smallest absolute Gasteiger partial charge is 0.220 e. The van der Waals surface area contributed by atoms with Crippen LogP contribution in [0, 0.1) is 0 Å². The zero-order chi connectivity index (χ0) is 28.7. The molecule has 0 radical (unpaired) electrons. The maximum Gasteiger partial charge on any atom is 0.220 e.